The SMILES string of the molecule is CC(C)(C)C(=O)Nc1cc(C2CC(NC(=O)Cc3ccccc3)C2)[nH]n1. The molecule has 2 aromatic rings. The van der Waals surface area contributed by atoms with E-state index in [0.717, 1.165) is 24.1 Å². The number of carbonyl (C=O) groups excluding carboxylic acids is 2. The number of H-pyrrole nitrogens is 1. The largest absolute Gasteiger partial charge is 0.353 e. The Morgan fingerprint density at radius 3 is 2.54 bits per heavy atom. The van der Waals surface area contributed by atoms with Gasteiger partial charge in [0.15, 0.2) is 5.82 Å². The molecular weight excluding hydrogens is 328 g/mol. The van der Waals surface area contributed by atoms with Gasteiger partial charge in [-0.3, -0.25) is 14.7 Å². The molecule has 3 rings (SSSR count). The summed E-state index contributed by atoms with van der Waals surface area (Å²) in [5.41, 5.74) is 1.57. The fourth-order valence-corrected chi connectivity index (χ4v) is 2.96. The van der Waals surface area contributed by atoms with Crippen LogP contribution in [0.5, 0.6) is 0 Å². The summed E-state index contributed by atoms with van der Waals surface area (Å²) in [6.07, 6.45) is 2.18. The molecule has 1 fully saturated rings. The number of nitrogens with zero attached hydrogens (tertiary/aromatic N) is 1. The zero-order chi connectivity index (χ0) is 18.7. The molecule has 1 aromatic heterocycles. The summed E-state index contributed by atoms with van der Waals surface area (Å²) < 4.78 is 0. The number of benzene rings is 1. The molecule has 1 saturated carbocycles. The van der Waals surface area contributed by atoms with Crippen LogP contribution in [0, 0.1) is 5.41 Å². The molecule has 0 bridgehead atoms. The van der Waals surface area contributed by atoms with Gasteiger partial charge in [-0.25, -0.2) is 0 Å². The summed E-state index contributed by atoms with van der Waals surface area (Å²) in [6.45, 7) is 5.60. The van der Waals surface area contributed by atoms with Crippen molar-refractivity contribution in [3.05, 3.63) is 47.7 Å². The van der Waals surface area contributed by atoms with Crippen LogP contribution in [0.1, 0.15) is 50.8 Å². The van der Waals surface area contributed by atoms with Crippen LogP contribution in [0.25, 0.3) is 0 Å². The lowest BCUT2D eigenvalue weighted by Gasteiger charge is -2.35. The first kappa shape index (κ1) is 18.2. The number of carbonyl (C=O) groups is 2. The maximum atomic E-state index is 12.1. The van der Waals surface area contributed by atoms with Gasteiger partial charge in [-0.2, -0.15) is 5.10 Å². The van der Waals surface area contributed by atoms with Gasteiger partial charge in [-0.05, 0) is 18.4 Å². The van der Waals surface area contributed by atoms with Crippen molar-refractivity contribution in [2.75, 3.05) is 5.32 Å². The van der Waals surface area contributed by atoms with Crippen LogP contribution in [0.4, 0.5) is 5.82 Å². The number of rotatable bonds is 5. The predicted octanol–water partition coefficient (Wildman–Crippen LogP) is 3.00. The van der Waals surface area contributed by atoms with Crippen molar-refractivity contribution < 1.29 is 9.59 Å². The lowest BCUT2D eigenvalue weighted by atomic mass is 9.78. The first-order chi connectivity index (χ1) is 12.3. The quantitative estimate of drug-likeness (QED) is 0.771. The van der Waals surface area contributed by atoms with E-state index >= 15 is 0 Å². The second-order valence-electron chi connectivity index (χ2n) is 8.01. The maximum Gasteiger partial charge on any atom is 0.230 e. The van der Waals surface area contributed by atoms with Crippen molar-refractivity contribution in [3.8, 4) is 0 Å². The Hall–Kier alpha value is -2.63. The lowest BCUT2D eigenvalue weighted by molar-refractivity contribution is -0.123. The highest BCUT2D eigenvalue weighted by Gasteiger charge is 2.33. The molecule has 138 valence electrons. The van der Waals surface area contributed by atoms with Gasteiger partial charge in [0.25, 0.3) is 0 Å². The highest BCUT2D eigenvalue weighted by molar-refractivity contribution is 5.93. The van der Waals surface area contributed by atoms with Gasteiger partial charge in [0.1, 0.15) is 0 Å². The molecule has 3 N–H and O–H groups in total. The number of anilines is 1. The van der Waals surface area contributed by atoms with E-state index in [1.54, 1.807) is 0 Å². The van der Waals surface area contributed by atoms with Crippen molar-refractivity contribution in [2.45, 2.75) is 52.0 Å². The topological polar surface area (TPSA) is 86.9 Å². The molecule has 6 nitrogen and oxygen atoms in total. The number of hydrogen-bond acceptors (Lipinski definition) is 3. The smallest absolute Gasteiger partial charge is 0.230 e. The molecule has 0 atom stereocenters. The third kappa shape index (κ3) is 4.50. The fraction of sp³-hybridized carbons (Fsp3) is 0.450. The maximum absolute atomic E-state index is 12.1. The van der Waals surface area contributed by atoms with Crippen LogP contribution < -0.4 is 10.6 Å². The van der Waals surface area contributed by atoms with Gasteiger partial charge >= 0.3 is 0 Å². The van der Waals surface area contributed by atoms with E-state index in [9.17, 15) is 9.59 Å². The van der Waals surface area contributed by atoms with Crippen molar-refractivity contribution in [1.82, 2.24) is 15.5 Å². The molecule has 0 unspecified atom stereocenters. The molecule has 1 aliphatic rings. The minimum absolute atomic E-state index is 0.0578. The van der Waals surface area contributed by atoms with Crippen LogP contribution in [-0.2, 0) is 16.0 Å². The Morgan fingerprint density at radius 2 is 1.88 bits per heavy atom. The summed E-state index contributed by atoms with van der Waals surface area (Å²) in [5, 5.41) is 13.1. The third-order valence-corrected chi connectivity index (χ3v) is 4.67. The zero-order valence-corrected chi connectivity index (χ0v) is 15.5. The van der Waals surface area contributed by atoms with E-state index < -0.39 is 5.41 Å². The average molecular weight is 354 g/mol. The summed E-state index contributed by atoms with van der Waals surface area (Å²) in [7, 11) is 0. The normalized spacial score (nSPS) is 19.5. The lowest BCUT2D eigenvalue weighted by Crippen LogP contribution is -2.44. The molecule has 1 aromatic carbocycles. The van der Waals surface area contributed by atoms with Crippen molar-refractivity contribution in [3.63, 3.8) is 0 Å². The third-order valence-electron chi connectivity index (χ3n) is 4.67. The second kappa shape index (κ2) is 7.32. The van der Waals surface area contributed by atoms with Crippen LogP contribution in [0.2, 0.25) is 0 Å². The van der Waals surface area contributed by atoms with E-state index in [1.165, 1.54) is 0 Å². The zero-order valence-electron chi connectivity index (χ0n) is 15.5. The number of hydrogen-bond donors (Lipinski definition) is 3. The van der Waals surface area contributed by atoms with E-state index in [0.29, 0.717) is 18.2 Å². The Bertz CT molecular complexity index is 771. The summed E-state index contributed by atoms with van der Waals surface area (Å²) in [4.78, 5) is 24.1. The van der Waals surface area contributed by atoms with E-state index in [1.807, 2.05) is 57.2 Å². The highest BCUT2D eigenvalue weighted by atomic mass is 16.2. The van der Waals surface area contributed by atoms with Gasteiger partial charge in [-0.15, -0.1) is 0 Å². The first-order valence-electron chi connectivity index (χ1n) is 9.01. The Kier molecular flexibility index (Phi) is 5.11. The standard InChI is InChI=1S/C20H26N4O2/c1-20(2,3)19(26)22-17-12-16(23-24-17)14-10-15(11-14)21-18(25)9-13-7-5-4-6-8-13/h4-8,12,14-15H,9-11H2,1-3H3,(H,21,25)(H2,22,23,24,26). The van der Waals surface area contributed by atoms with Gasteiger partial charge in [0.2, 0.25) is 11.8 Å². The van der Waals surface area contributed by atoms with E-state index in [-0.39, 0.29) is 17.9 Å². The van der Waals surface area contributed by atoms with Gasteiger partial charge in [-0.1, -0.05) is 51.1 Å². The Morgan fingerprint density at radius 1 is 1.19 bits per heavy atom. The van der Waals surface area contributed by atoms with Crippen LogP contribution in [-0.4, -0.2) is 28.1 Å². The van der Waals surface area contributed by atoms with Crippen molar-refractivity contribution in [1.29, 1.82) is 0 Å². The molecule has 26 heavy (non-hydrogen) atoms. The number of aromatic nitrogens is 2. The molecule has 0 aliphatic heterocycles. The van der Waals surface area contributed by atoms with Crippen LogP contribution in [0.3, 0.4) is 0 Å². The summed E-state index contributed by atoms with van der Waals surface area (Å²) in [6, 6.07) is 11.8. The van der Waals surface area contributed by atoms with E-state index in [2.05, 4.69) is 20.8 Å². The second-order valence-corrected chi connectivity index (χ2v) is 8.01. The minimum atomic E-state index is -0.455. The van der Waals surface area contributed by atoms with Gasteiger partial charge in [0.05, 0.1) is 6.42 Å². The van der Waals surface area contributed by atoms with Crippen LogP contribution >= 0.6 is 0 Å². The summed E-state index contributed by atoms with van der Waals surface area (Å²) >= 11 is 0. The molecule has 0 radical (unpaired) electrons. The average Bonchev–Trinajstić information content (AvgIpc) is 2.98. The number of nitrogens with one attached hydrogen (secondary N) is 3. The van der Waals surface area contributed by atoms with E-state index in [4.69, 9.17) is 0 Å². The fourth-order valence-electron chi connectivity index (χ4n) is 2.96. The molecule has 2 amide bonds. The summed E-state index contributed by atoms with van der Waals surface area (Å²) in [5.74, 6) is 0.888. The molecule has 1 heterocycles. The molecule has 6 heteroatoms. The Labute approximate surface area is 153 Å². The van der Waals surface area contributed by atoms with Gasteiger partial charge < -0.3 is 10.6 Å². The number of aromatic amines is 1. The Balaban J connectivity index is 1.45. The van der Waals surface area contributed by atoms with Crippen molar-refractivity contribution in [2.24, 2.45) is 5.41 Å². The number of amides is 2. The molecular formula is C20H26N4O2. The van der Waals surface area contributed by atoms with Crippen molar-refractivity contribution >= 4 is 17.6 Å². The molecule has 0 spiro atoms. The minimum Gasteiger partial charge on any atom is -0.353 e. The molecule has 0 saturated heterocycles. The van der Waals surface area contributed by atoms with Crippen LogP contribution in [0.15, 0.2) is 36.4 Å². The predicted molar refractivity (Wildman–Crippen MR) is 101 cm³/mol. The monoisotopic (exact) mass is 354 g/mol. The molecule has 1 aliphatic carbocycles. The van der Waals surface area contributed by atoms with Gasteiger partial charge in [0, 0.05) is 29.1 Å². The highest BCUT2D eigenvalue weighted by Crippen LogP contribution is 2.36. The first-order valence-corrected chi connectivity index (χ1v) is 9.01.